The summed E-state index contributed by atoms with van der Waals surface area (Å²) < 4.78 is 0.752. The maximum absolute atomic E-state index is 5.08. The first-order chi connectivity index (χ1) is 9.31. The first-order valence-electron chi connectivity index (χ1n) is 6.38. The molecular weight excluding hydrogens is 276 g/mol. The first kappa shape index (κ1) is 12.8. The van der Waals surface area contributed by atoms with E-state index in [1.807, 2.05) is 0 Å². The molecule has 0 amide bonds. The van der Waals surface area contributed by atoms with Crippen molar-refractivity contribution in [2.45, 2.75) is 6.54 Å². The zero-order chi connectivity index (χ0) is 13.1. The average Bonchev–Trinajstić information content (AvgIpc) is 2.87. The highest BCUT2D eigenvalue weighted by Gasteiger charge is 2.19. The van der Waals surface area contributed by atoms with Crippen molar-refractivity contribution in [3.8, 4) is 0 Å². The quantitative estimate of drug-likeness (QED) is 0.882. The SMILES string of the molecule is S=c1[nH]nc(N2CCN(Cc3ccccc3)CC2)s1. The lowest BCUT2D eigenvalue weighted by molar-refractivity contribution is 0.249. The second kappa shape index (κ2) is 5.81. The zero-order valence-corrected chi connectivity index (χ0v) is 12.2. The van der Waals surface area contributed by atoms with E-state index in [1.165, 1.54) is 5.56 Å². The van der Waals surface area contributed by atoms with Crippen LogP contribution in [0, 0.1) is 3.95 Å². The van der Waals surface area contributed by atoms with Crippen molar-refractivity contribution in [3.05, 3.63) is 39.8 Å². The van der Waals surface area contributed by atoms with Crippen molar-refractivity contribution in [3.63, 3.8) is 0 Å². The average molecular weight is 292 g/mol. The summed E-state index contributed by atoms with van der Waals surface area (Å²) in [5, 5.41) is 8.11. The number of nitrogens with zero attached hydrogens (tertiary/aromatic N) is 3. The summed E-state index contributed by atoms with van der Waals surface area (Å²) in [6.07, 6.45) is 0. The molecule has 1 N–H and O–H groups in total. The highest BCUT2D eigenvalue weighted by Crippen LogP contribution is 2.19. The number of rotatable bonds is 3. The van der Waals surface area contributed by atoms with Gasteiger partial charge in [0.25, 0.3) is 0 Å². The summed E-state index contributed by atoms with van der Waals surface area (Å²) in [4.78, 5) is 4.79. The van der Waals surface area contributed by atoms with E-state index in [-0.39, 0.29) is 0 Å². The van der Waals surface area contributed by atoms with Crippen molar-refractivity contribution < 1.29 is 0 Å². The van der Waals surface area contributed by atoms with E-state index < -0.39 is 0 Å². The maximum Gasteiger partial charge on any atom is 0.207 e. The summed E-state index contributed by atoms with van der Waals surface area (Å²) in [5.41, 5.74) is 1.38. The van der Waals surface area contributed by atoms with E-state index in [0.29, 0.717) is 0 Å². The minimum absolute atomic E-state index is 0.752. The molecule has 1 fully saturated rings. The molecule has 2 aromatic rings. The molecule has 0 radical (unpaired) electrons. The lowest BCUT2D eigenvalue weighted by atomic mass is 10.2. The standard InChI is InChI=1S/C13H16N4S2/c18-13-15-14-12(19-13)17-8-6-16(7-9-17)10-11-4-2-1-3-5-11/h1-5H,6-10H2,(H,15,18). The monoisotopic (exact) mass is 292 g/mol. The molecule has 100 valence electrons. The van der Waals surface area contributed by atoms with Crippen LogP contribution >= 0.6 is 23.6 Å². The van der Waals surface area contributed by atoms with Gasteiger partial charge in [0.15, 0.2) is 3.95 Å². The minimum Gasteiger partial charge on any atom is -0.344 e. The molecule has 0 aliphatic carbocycles. The van der Waals surface area contributed by atoms with E-state index in [9.17, 15) is 0 Å². The van der Waals surface area contributed by atoms with Gasteiger partial charge in [-0.15, -0.1) is 5.10 Å². The van der Waals surface area contributed by atoms with E-state index in [2.05, 4.69) is 50.3 Å². The third-order valence-electron chi connectivity index (χ3n) is 3.32. The van der Waals surface area contributed by atoms with Gasteiger partial charge in [-0.3, -0.25) is 10.00 Å². The predicted molar refractivity (Wildman–Crippen MR) is 81.2 cm³/mol. The second-order valence-corrected chi connectivity index (χ2v) is 6.29. The van der Waals surface area contributed by atoms with Crippen LogP contribution in [0.3, 0.4) is 0 Å². The number of aromatic nitrogens is 2. The van der Waals surface area contributed by atoms with Gasteiger partial charge in [-0.2, -0.15) is 0 Å². The van der Waals surface area contributed by atoms with Gasteiger partial charge >= 0.3 is 0 Å². The van der Waals surface area contributed by atoms with Crippen LogP contribution in [0.4, 0.5) is 5.13 Å². The van der Waals surface area contributed by atoms with Crippen molar-refractivity contribution >= 4 is 28.7 Å². The number of nitrogens with one attached hydrogen (secondary N) is 1. The van der Waals surface area contributed by atoms with Gasteiger partial charge in [0, 0.05) is 32.7 Å². The number of H-pyrrole nitrogens is 1. The Balaban J connectivity index is 1.56. The third-order valence-corrected chi connectivity index (χ3v) is 4.47. The van der Waals surface area contributed by atoms with Crippen LogP contribution in [-0.2, 0) is 6.54 Å². The van der Waals surface area contributed by atoms with E-state index in [1.54, 1.807) is 11.3 Å². The van der Waals surface area contributed by atoms with Crippen molar-refractivity contribution in [1.29, 1.82) is 0 Å². The van der Waals surface area contributed by atoms with Crippen LogP contribution in [-0.4, -0.2) is 41.3 Å². The Labute approximate surface area is 121 Å². The molecule has 3 rings (SSSR count). The van der Waals surface area contributed by atoms with Gasteiger partial charge < -0.3 is 4.90 Å². The molecule has 0 spiro atoms. The normalized spacial score (nSPS) is 16.7. The molecule has 1 aromatic carbocycles. The number of aromatic amines is 1. The Morgan fingerprint density at radius 1 is 1.16 bits per heavy atom. The molecule has 2 heterocycles. The number of piperazine rings is 1. The largest absolute Gasteiger partial charge is 0.344 e. The topological polar surface area (TPSA) is 35.2 Å². The Kier molecular flexibility index (Phi) is 3.91. The van der Waals surface area contributed by atoms with Crippen molar-refractivity contribution in [2.24, 2.45) is 0 Å². The molecule has 1 aromatic heterocycles. The Morgan fingerprint density at radius 3 is 2.53 bits per heavy atom. The molecule has 0 unspecified atom stereocenters. The molecule has 4 nitrogen and oxygen atoms in total. The summed E-state index contributed by atoms with van der Waals surface area (Å²) in [6.45, 7) is 5.21. The van der Waals surface area contributed by atoms with Gasteiger partial charge in [0.05, 0.1) is 0 Å². The maximum atomic E-state index is 5.08. The smallest absolute Gasteiger partial charge is 0.207 e. The molecule has 1 aliphatic rings. The first-order valence-corrected chi connectivity index (χ1v) is 7.60. The third kappa shape index (κ3) is 3.20. The highest BCUT2D eigenvalue weighted by atomic mass is 32.1. The van der Waals surface area contributed by atoms with Crippen LogP contribution in [0.2, 0.25) is 0 Å². The van der Waals surface area contributed by atoms with Gasteiger partial charge in [0.1, 0.15) is 0 Å². The van der Waals surface area contributed by atoms with Crippen LogP contribution < -0.4 is 4.90 Å². The predicted octanol–water partition coefficient (Wildman–Crippen LogP) is 2.52. The Morgan fingerprint density at radius 2 is 1.89 bits per heavy atom. The number of anilines is 1. The molecular formula is C13H16N4S2. The number of hydrogen-bond acceptors (Lipinski definition) is 5. The fourth-order valence-corrected chi connectivity index (χ4v) is 3.23. The van der Waals surface area contributed by atoms with Gasteiger partial charge in [-0.1, -0.05) is 41.7 Å². The number of hydrogen-bond donors (Lipinski definition) is 1. The van der Waals surface area contributed by atoms with Crippen molar-refractivity contribution in [2.75, 3.05) is 31.1 Å². The van der Waals surface area contributed by atoms with E-state index >= 15 is 0 Å². The van der Waals surface area contributed by atoms with Crippen LogP contribution in [0.1, 0.15) is 5.56 Å². The molecule has 19 heavy (non-hydrogen) atoms. The van der Waals surface area contributed by atoms with Gasteiger partial charge in [0.2, 0.25) is 5.13 Å². The lowest BCUT2D eigenvalue weighted by Crippen LogP contribution is -2.45. The molecule has 6 heteroatoms. The fraction of sp³-hybridized carbons (Fsp3) is 0.385. The van der Waals surface area contributed by atoms with Crippen LogP contribution in [0.5, 0.6) is 0 Å². The van der Waals surface area contributed by atoms with Crippen LogP contribution in [0.25, 0.3) is 0 Å². The van der Waals surface area contributed by atoms with Crippen molar-refractivity contribution in [1.82, 2.24) is 15.1 Å². The molecule has 0 saturated carbocycles. The summed E-state index contributed by atoms with van der Waals surface area (Å²) >= 11 is 6.63. The molecule has 1 aliphatic heterocycles. The zero-order valence-electron chi connectivity index (χ0n) is 10.6. The molecule has 0 atom stereocenters. The summed E-state index contributed by atoms with van der Waals surface area (Å²) in [6, 6.07) is 10.6. The van der Waals surface area contributed by atoms with E-state index in [4.69, 9.17) is 12.2 Å². The Hall–Kier alpha value is -1.24. The molecule has 1 saturated heterocycles. The van der Waals surface area contributed by atoms with E-state index in [0.717, 1.165) is 41.8 Å². The minimum atomic E-state index is 0.752. The fourth-order valence-electron chi connectivity index (χ4n) is 2.30. The lowest BCUT2D eigenvalue weighted by Gasteiger charge is -2.34. The highest BCUT2D eigenvalue weighted by molar-refractivity contribution is 7.73. The van der Waals surface area contributed by atoms with Gasteiger partial charge in [-0.05, 0) is 17.8 Å². The van der Waals surface area contributed by atoms with Crippen LogP contribution in [0.15, 0.2) is 30.3 Å². The molecule has 0 bridgehead atoms. The summed E-state index contributed by atoms with van der Waals surface area (Å²) in [5.74, 6) is 0. The summed E-state index contributed by atoms with van der Waals surface area (Å²) in [7, 11) is 0. The Bertz CT molecular complexity index is 570. The van der Waals surface area contributed by atoms with Gasteiger partial charge in [-0.25, -0.2) is 0 Å². The number of benzene rings is 1. The second-order valence-electron chi connectivity index (χ2n) is 4.64.